The Labute approximate surface area is 240 Å². The molecule has 1 fully saturated rings. The summed E-state index contributed by atoms with van der Waals surface area (Å²) in [4.78, 5) is 43.4. The second-order valence-electron chi connectivity index (χ2n) is 10.4. The van der Waals surface area contributed by atoms with Gasteiger partial charge in [-0.2, -0.15) is 18.2 Å². The van der Waals surface area contributed by atoms with Crippen LogP contribution in [0, 0.1) is 6.92 Å². The van der Waals surface area contributed by atoms with Gasteiger partial charge in [-0.1, -0.05) is 12.1 Å². The number of aromatic nitrogens is 4. The molecular weight excluding hydrogens is 549 g/mol. The molecular formula is C29H31F3N8O2. The van der Waals surface area contributed by atoms with E-state index in [1.54, 1.807) is 39.2 Å². The maximum absolute atomic E-state index is 14.0. The van der Waals surface area contributed by atoms with E-state index < -0.39 is 23.2 Å². The summed E-state index contributed by atoms with van der Waals surface area (Å²) in [7, 11) is 5.22. The standard InChI is InChI=1S/C29H31F3N8O2/c1-17-5-8-20(14-21(17)24-27(42)39(4)25-23(36-24)15-34-28(33-2)37-25)35-26(41)18-6-7-19(22(13-18)29(30,31)32)16-40-11-9-38(3)10-12-40/h5-8,13-15H,9-12,16H2,1-4H3,(H,35,41)(H,33,34,37). The summed E-state index contributed by atoms with van der Waals surface area (Å²) in [6.07, 6.45) is -3.11. The second-order valence-corrected chi connectivity index (χ2v) is 10.4. The number of alkyl halides is 3. The quantitative estimate of drug-likeness (QED) is 0.355. The highest BCUT2D eigenvalue weighted by Crippen LogP contribution is 2.34. The Bertz CT molecular complexity index is 1710. The number of likely N-dealkylation sites (N-methyl/N-ethyl adjacent to an activating group) is 1. The molecule has 2 N–H and O–H groups in total. The minimum Gasteiger partial charge on any atom is -0.357 e. The first-order valence-electron chi connectivity index (χ1n) is 13.4. The molecule has 5 rings (SSSR count). The lowest BCUT2D eigenvalue weighted by Crippen LogP contribution is -2.44. The van der Waals surface area contributed by atoms with Crippen LogP contribution in [0.1, 0.15) is 27.0 Å². The van der Waals surface area contributed by atoms with Crippen LogP contribution in [0.4, 0.5) is 24.8 Å². The number of nitrogens with one attached hydrogen (secondary N) is 2. The number of hydrogen-bond acceptors (Lipinski definition) is 8. The van der Waals surface area contributed by atoms with Crippen LogP contribution in [0.5, 0.6) is 0 Å². The van der Waals surface area contributed by atoms with Gasteiger partial charge in [0.05, 0.1) is 11.8 Å². The molecule has 13 heteroatoms. The molecule has 42 heavy (non-hydrogen) atoms. The summed E-state index contributed by atoms with van der Waals surface area (Å²) in [5.41, 5.74) is 1.15. The lowest BCUT2D eigenvalue weighted by Gasteiger charge is -2.33. The molecule has 0 bridgehead atoms. The average Bonchev–Trinajstić information content (AvgIpc) is 2.96. The SMILES string of the molecule is CNc1ncc2nc(-c3cc(NC(=O)c4ccc(CN5CCN(C)CC5)c(C(F)(F)F)c4)ccc3C)c(=O)n(C)c2n1. The van der Waals surface area contributed by atoms with Crippen molar-refractivity contribution in [1.29, 1.82) is 0 Å². The van der Waals surface area contributed by atoms with E-state index in [1.165, 1.54) is 22.9 Å². The molecule has 0 unspecified atom stereocenters. The number of amides is 1. The number of halogens is 3. The van der Waals surface area contributed by atoms with Gasteiger partial charge in [0.25, 0.3) is 11.5 Å². The topological polar surface area (TPSA) is 108 Å². The molecule has 0 spiro atoms. The predicted octanol–water partition coefficient (Wildman–Crippen LogP) is 3.76. The molecule has 0 aliphatic carbocycles. The molecule has 4 aromatic rings. The zero-order valence-corrected chi connectivity index (χ0v) is 23.7. The van der Waals surface area contributed by atoms with Crippen LogP contribution in [-0.2, 0) is 19.8 Å². The Morgan fingerprint density at radius 3 is 2.45 bits per heavy atom. The zero-order chi connectivity index (χ0) is 30.2. The Hall–Kier alpha value is -4.36. The molecule has 0 radical (unpaired) electrons. The molecule has 0 saturated carbocycles. The van der Waals surface area contributed by atoms with Crippen molar-refractivity contribution in [1.82, 2.24) is 29.3 Å². The van der Waals surface area contributed by atoms with E-state index in [-0.39, 0.29) is 23.4 Å². The van der Waals surface area contributed by atoms with Crippen molar-refractivity contribution in [2.24, 2.45) is 7.05 Å². The maximum atomic E-state index is 14.0. The van der Waals surface area contributed by atoms with Gasteiger partial charge < -0.3 is 15.5 Å². The monoisotopic (exact) mass is 580 g/mol. The molecule has 1 aliphatic heterocycles. The third-order valence-electron chi connectivity index (χ3n) is 7.45. The third-order valence-corrected chi connectivity index (χ3v) is 7.45. The molecule has 10 nitrogen and oxygen atoms in total. The van der Waals surface area contributed by atoms with Crippen LogP contribution < -0.4 is 16.2 Å². The fourth-order valence-corrected chi connectivity index (χ4v) is 4.94. The number of rotatable bonds is 6. The van der Waals surface area contributed by atoms with Gasteiger partial charge in [-0.3, -0.25) is 19.1 Å². The van der Waals surface area contributed by atoms with Gasteiger partial charge in [0.1, 0.15) is 11.2 Å². The molecule has 2 aromatic carbocycles. The average molecular weight is 581 g/mol. The van der Waals surface area contributed by atoms with E-state index in [0.29, 0.717) is 41.5 Å². The number of piperazine rings is 1. The molecule has 0 atom stereocenters. The third kappa shape index (κ3) is 5.97. The number of anilines is 2. The first kappa shape index (κ1) is 29.1. The maximum Gasteiger partial charge on any atom is 0.416 e. The second kappa shape index (κ2) is 11.5. The summed E-state index contributed by atoms with van der Waals surface area (Å²) in [5.74, 6) is -0.359. The number of benzene rings is 2. The number of nitrogens with zero attached hydrogens (tertiary/aromatic N) is 6. The van der Waals surface area contributed by atoms with Crippen molar-refractivity contribution in [3.63, 3.8) is 0 Å². The van der Waals surface area contributed by atoms with Crippen LogP contribution >= 0.6 is 0 Å². The number of hydrogen-bond donors (Lipinski definition) is 2. The summed E-state index contributed by atoms with van der Waals surface area (Å²) in [6.45, 7) is 4.86. The number of fused-ring (bicyclic) bond motifs is 1. The van der Waals surface area contributed by atoms with Gasteiger partial charge in [0.15, 0.2) is 5.65 Å². The molecule has 1 saturated heterocycles. The molecule has 220 valence electrons. The van der Waals surface area contributed by atoms with Gasteiger partial charge in [-0.15, -0.1) is 0 Å². The van der Waals surface area contributed by atoms with Crippen molar-refractivity contribution in [3.8, 4) is 11.3 Å². The van der Waals surface area contributed by atoms with E-state index in [0.717, 1.165) is 24.7 Å². The van der Waals surface area contributed by atoms with Crippen LogP contribution in [0.2, 0.25) is 0 Å². The summed E-state index contributed by atoms with van der Waals surface area (Å²) < 4.78 is 43.5. The van der Waals surface area contributed by atoms with E-state index in [9.17, 15) is 22.8 Å². The highest BCUT2D eigenvalue weighted by molar-refractivity contribution is 6.04. The van der Waals surface area contributed by atoms with Crippen LogP contribution in [0.3, 0.4) is 0 Å². The first-order valence-corrected chi connectivity index (χ1v) is 13.4. The van der Waals surface area contributed by atoms with Gasteiger partial charge in [0.2, 0.25) is 5.95 Å². The number of aryl methyl sites for hydroxylation is 2. The Morgan fingerprint density at radius 1 is 1.02 bits per heavy atom. The number of carbonyl (C=O) groups excluding carboxylic acids is 1. The highest BCUT2D eigenvalue weighted by Gasteiger charge is 2.34. The lowest BCUT2D eigenvalue weighted by atomic mass is 10.0. The Morgan fingerprint density at radius 2 is 1.76 bits per heavy atom. The van der Waals surface area contributed by atoms with Gasteiger partial charge in [0, 0.05) is 63.6 Å². The van der Waals surface area contributed by atoms with Crippen molar-refractivity contribution < 1.29 is 18.0 Å². The largest absolute Gasteiger partial charge is 0.416 e. The Kier molecular flexibility index (Phi) is 7.97. The molecule has 2 aromatic heterocycles. The molecule has 1 amide bonds. The van der Waals surface area contributed by atoms with Crippen molar-refractivity contribution in [2.75, 3.05) is 50.9 Å². The van der Waals surface area contributed by atoms with Crippen molar-refractivity contribution in [3.05, 3.63) is 75.2 Å². The zero-order valence-electron chi connectivity index (χ0n) is 23.7. The summed E-state index contributed by atoms with van der Waals surface area (Å²) >= 11 is 0. The smallest absolute Gasteiger partial charge is 0.357 e. The van der Waals surface area contributed by atoms with E-state index >= 15 is 0 Å². The minimum absolute atomic E-state index is 0.121. The molecule has 3 heterocycles. The van der Waals surface area contributed by atoms with E-state index in [2.05, 4.69) is 30.5 Å². The van der Waals surface area contributed by atoms with Crippen molar-refractivity contribution >= 4 is 28.7 Å². The van der Waals surface area contributed by atoms with E-state index in [1.807, 2.05) is 11.9 Å². The van der Waals surface area contributed by atoms with Gasteiger partial charge in [-0.25, -0.2) is 9.97 Å². The van der Waals surface area contributed by atoms with Crippen LogP contribution in [-0.4, -0.2) is 75.5 Å². The summed E-state index contributed by atoms with van der Waals surface area (Å²) in [5, 5.41) is 5.50. The molecule has 1 aliphatic rings. The fourth-order valence-electron chi connectivity index (χ4n) is 4.94. The highest BCUT2D eigenvalue weighted by atomic mass is 19.4. The fraction of sp³-hybridized carbons (Fsp3) is 0.345. The predicted molar refractivity (Wildman–Crippen MR) is 154 cm³/mol. The van der Waals surface area contributed by atoms with Crippen molar-refractivity contribution in [2.45, 2.75) is 19.6 Å². The number of carbonyl (C=O) groups is 1. The normalized spacial score (nSPS) is 14.7. The van der Waals surface area contributed by atoms with Crippen LogP contribution in [0.15, 0.2) is 47.4 Å². The van der Waals surface area contributed by atoms with Gasteiger partial charge >= 0.3 is 6.18 Å². The summed E-state index contributed by atoms with van der Waals surface area (Å²) in [6, 6.07) is 8.59. The minimum atomic E-state index is -4.62. The lowest BCUT2D eigenvalue weighted by molar-refractivity contribution is -0.138. The first-order chi connectivity index (χ1) is 19.9. The Balaban J connectivity index is 1.43. The van der Waals surface area contributed by atoms with Gasteiger partial charge in [-0.05, 0) is 49.4 Å². The van der Waals surface area contributed by atoms with Crippen LogP contribution in [0.25, 0.3) is 22.4 Å². The van der Waals surface area contributed by atoms with E-state index in [4.69, 9.17) is 0 Å².